The lowest BCUT2D eigenvalue weighted by molar-refractivity contribution is -0.139. The van der Waals surface area contributed by atoms with Gasteiger partial charge in [-0.2, -0.15) is 0 Å². The molecule has 2 aliphatic rings. The first-order valence-corrected chi connectivity index (χ1v) is 9.06. The molecular formula is C20H31ClN2O. The highest BCUT2D eigenvalue weighted by atomic mass is 35.5. The van der Waals surface area contributed by atoms with Crippen LogP contribution in [-0.4, -0.2) is 23.9 Å². The fourth-order valence-electron chi connectivity index (χ4n) is 4.73. The molecule has 2 N–H and O–H groups in total. The van der Waals surface area contributed by atoms with E-state index in [1.165, 1.54) is 30.4 Å². The Morgan fingerprint density at radius 1 is 1.21 bits per heavy atom. The minimum absolute atomic E-state index is 0. The monoisotopic (exact) mass is 350 g/mol. The van der Waals surface area contributed by atoms with Gasteiger partial charge in [0.05, 0.1) is 6.04 Å². The van der Waals surface area contributed by atoms with Crippen molar-refractivity contribution in [2.75, 3.05) is 7.05 Å². The van der Waals surface area contributed by atoms with Gasteiger partial charge in [-0.3, -0.25) is 4.79 Å². The van der Waals surface area contributed by atoms with Gasteiger partial charge in [0.15, 0.2) is 0 Å². The van der Waals surface area contributed by atoms with E-state index in [0.717, 1.165) is 12.8 Å². The molecule has 0 aromatic heterocycles. The van der Waals surface area contributed by atoms with Gasteiger partial charge in [0.25, 0.3) is 0 Å². The number of carbonyl (C=O) groups is 1. The summed E-state index contributed by atoms with van der Waals surface area (Å²) in [4.78, 5) is 15.0. The van der Waals surface area contributed by atoms with Crippen LogP contribution in [0.2, 0.25) is 0 Å². The normalized spacial score (nSPS) is 30.2. The molecule has 1 aromatic carbocycles. The second-order valence-electron chi connectivity index (χ2n) is 7.68. The number of benzene rings is 1. The molecular weight excluding hydrogens is 320 g/mol. The Morgan fingerprint density at radius 2 is 1.79 bits per heavy atom. The minimum atomic E-state index is 0. The molecule has 3 nitrogen and oxygen atoms in total. The van der Waals surface area contributed by atoms with Gasteiger partial charge in [0.1, 0.15) is 0 Å². The van der Waals surface area contributed by atoms with Crippen LogP contribution in [0.3, 0.4) is 0 Å². The van der Waals surface area contributed by atoms with Crippen molar-refractivity contribution < 1.29 is 4.79 Å². The molecule has 2 fully saturated rings. The van der Waals surface area contributed by atoms with Crippen molar-refractivity contribution in [1.82, 2.24) is 4.90 Å². The number of nitrogens with zero attached hydrogens (tertiary/aromatic N) is 1. The van der Waals surface area contributed by atoms with E-state index < -0.39 is 0 Å². The van der Waals surface area contributed by atoms with Gasteiger partial charge in [0.2, 0.25) is 5.91 Å². The maximum Gasteiger partial charge on any atom is 0.225 e. The van der Waals surface area contributed by atoms with Gasteiger partial charge in [-0.15, -0.1) is 12.4 Å². The van der Waals surface area contributed by atoms with Crippen molar-refractivity contribution in [2.45, 2.75) is 58.0 Å². The van der Waals surface area contributed by atoms with Crippen LogP contribution in [0, 0.1) is 24.7 Å². The Morgan fingerprint density at radius 3 is 2.38 bits per heavy atom. The van der Waals surface area contributed by atoms with Gasteiger partial charge in [-0.05, 0) is 62.5 Å². The molecule has 1 amide bonds. The Labute approximate surface area is 152 Å². The average Bonchev–Trinajstić information content (AvgIpc) is 2.53. The van der Waals surface area contributed by atoms with Crippen LogP contribution in [-0.2, 0) is 4.79 Å². The van der Waals surface area contributed by atoms with E-state index in [2.05, 4.69) is 38.1 Å². The molecule has 134 valence electrons. The van der Waals surface area contributed by atoms with Crippen molar-refractivity contribution in [3.63, 3.8) is 0 Å². The topological polar surface area (TPSA) is 46.3 Å². The highest BCUT2D eigenvalue weighted by molar-refractivity contribution is 5.85. The van der Waals surface area contributed by atoms with E-state index in [9.17, 15) is 4.79 Å². The summed E-state index contributed by atoms with van der Waals surface area (Å²) in [6, 6.07) is 8.81. The van der Waals surface area contributed by atoms with Crippen LogP contribution in [0.15, 0.2) is 24.3 Å². The number of nitrogens with two attached hydrogens (primary N) is 1. The first-order chi connectivity index (χ1) is 11.0. The van der Waals surface area contributed by atoms with Crippen LogP contribution in [0.4, 0.5) is 0 Å². The first-order valence-electron chi connectivity index (χ1n) is 9.06. The van der Waals surface area contributed by atoms with Gasteiger partial charge in [-0.1, -0.05) is 30.7 Å². The molecule has 3 unspecified atom stereocenters. The van der Waals surface area contributed by atoms with Crippen molar-refractivity contribution in [2.24, 2.45) is 23.5 Å². The Bertz CT molecular complexity index is 563. The minimum Gasteiger partial charge on any atom is -0.339 e. The van der Waals surface area contributed by atoms with Crippen LogP contribution in [0.1, 0.15) is 56.2 Å². The standard InChI is InChI=1S/C20H30N2O.ClH/c1-13-7-4-5-10-18(13)14(2)22(3)20(23)17-11-15-8-6-9-16(12-17)19(15)21;/h4-5,7,10,14-17,19H,6,8-9,11-12,21H2,1-3H3;1H. The Hall–Kier alpha value is -1.06. The summed E-state index contributed by atoms with van der Waals surface area (Å²) >= 11 is 0. The fourth-order valence-corrected chi connectivity index (χ4v) is 4.73. The van der Waals surface area contributed by atoms with Crippen molar-refractivity contribution in [1.29, 1.82) is 0 Å². The molecule has 1 aromatic rings. The molecule has 0 heterocycles. The fraction of sp³-hybridized carbons (Fsp3) is 0.650. The maximum atomic E-state index is 13.0. The third kappa shape index (κ3) is 3.62. The smallest absolute Gasteiger partial charge is 0.225 e. The number of hydrogen-bond donors (Lipinski definition) is 1. The molecule has 2 aliphatic carbocycles. The number of halogens is 1. The van der Waals surface area contributed by atoms with Crippen LogP contribution < -0.4 is 5.73 Å². The summed E-state index contributed by atoms with van der Waals surface area (Å²) in [5, 5.41) is 0. The number of fused-ring (bicyclic) bond motifs is 2. The summed E-state index contributed by atoms with van der Waals surface area (Å²) in [5.74, 6) is 1.59. The lowest BCUT2D eigenvalue weighted by Gasteiger charge is -2.44. The van der Waals surface area contributed by atoms with E-state index in [0.29, 0.717) is 23.8 Å². The Balaban J connectivity index is 0.00000208. The molecule has 0 radical (unpaired) electrons. The summed E-state index contributed by atoms with van der Waals surface area (Å²) in [7, 11) is 1.96. The van der Waals surface area contributed by atoms with Crippen molar-refractivity contribution in [3.05, 3.63) is 35.4 Å². The van der Waals surface area contributed by atoms with Crippen molar-refractivity contribution in [3.8, 4) is 0 Å². The first kappa shape index (κ1) is 19.3. The molecule has 0 spiro atoms. The van der Waals surface area contributed by atoms with Gasteiger partial charge >= 0.3 is 0 Å². The SMILES string of the molecule is Cc1ccccc1C(C)N(C)C(=O)C1CC2CCCC(C1)C2N.Cl. The van der Waals surface area contributed by atoms with Crippen LogP contribution >= 0.6 is 12.4 Å². The number of aryl methyl sites for hydroxylation is 1. The predicted octanol–water partition coefficient (Wildman–Crippen LogP) is 4.09. The zero-order valence-corrected chi connectivity index (χ0v) is 15.9. The van der Waals surface area contributed by atoms with Crippen LogP contribution in [0.25, 0.3) is 0 Å². The molecule has 24 heavy (non-hydrogen) atoms. The third-order valence-electron chi connectivity index (χ3n) is 6.33. The van der Waals surface area contributed by atoms with E-state index in [1.54, 1.807) is 0 Å². The molecule has 4 heteroatoms. The molecule has 2 bridgehead atoms. The lowest BCUT2D eigenvalue weighted by Crippen LogP contribution is -2.49. The van der Waals surface area contributed by atoms with E-state index in [4.69, 9.17) is 5.73 Å². The molecule has 3 rings (SSSR count). The summed E-state index contributed by atoms with van der Waals surface area (Å²) in [6.07, 6.45) is 5.68. The number of carbonyl (C=O) groups excluding carboxylic acids is 1. The largest absolute Gasteiger partial charge is 0.339 e. The van der Waals surface area contributed by atoms with Gasteiger partial charge in [0, 0.05) is 19.0 Å². The zero-order chi connectivity index (χ0) is 16.6. The zero-order valence-electron chi connectivity index (χ0n) is 15.1. The number of amides is 1. The summed E-state index contributed by atoms with van der Waals surface area (Å²) in [5.41, 5.74) is 8.87. The highest BCUT2D eigenvalue weighted by Crippen LogP contribution is 2.42. The second-order valence-corrected chi connectivity index (χ2v) is 7.68. The number of hydrogen-bond acceptors (Lipinski definition) is 2. The van der Waals surface area contributed by atoms with Gasteiger partial charge in [-0.25, -0.2) is 0 Å². The van der Waals surface area contributed by atoms with Crippen LogP contribution in [0.5, 0.6) is 0 Å². The van der Waals surface area contributed by atoms with Gasteiger partial charge < -0.3 is 10.6 Å². The summed E-state index contributed by atoms with van der Waals surface area (Å²) < 4.78 is 0. The molecule has 2 saturated carbocycles. The maximum absolute atomic E-state index is 13.0. The lowest BCUT2D eigenvalue weighted by atomic mass is 9.65. The Kier molecular flexibility index (Phi) is 6.33. The van der Waals surface area contributed by atoms with E-state index >= 15 is 0 Å². The predicted molar refractivity (Wildman–Crippen MR) is 101 cm³/mol. The van der Waals surface area contributed by atoms with E-state index in [-0.39, 0.29) is 24.4 Å². The van der Waals surface area contributed by atoms with E-state index in [1.807, 2.05) is 11.9 Å². The molecule has 0 aliphatic heterocycles. The quantitative estimate of drug-likeness (QED) is 0.892. The highest BCUT2D eigenvalue weighted by Gasteiger charge is 2.41. The molecule has 3 atom stereocenters. The van der Waals surface area contributed by atoms with Crippen molar-refractivity contribution >= 4 is 18.3 Å². The second kappa shape index (κ2) is 7.88. The third-order valence-corrected chi connectivity index (χ3v) is 6.33. The number of rotatable bonds is 3. The summed E-state index contributed by atoms with van der Waals surface area (Å²) in [6.45, 7) is 4.25. The molecule has 0 saturated heterocycles. The average molecular weight is 351 g/mol.